The van der Waals surface area contributed by atoms with Gasteiger partial charge in [-0.2, -0.15) is 8.78 Å². The Morgan fingerprint density at radius 3 is 2.29 bits per heavy atom. The van der Waals surface area contributed by atoms with Gasteiger partial charge in [-0.05, 0) is 18.4 Å². The maximum absolute atomic E-state index is 14.3. The largest absolute Gasteiger partial charge is 0.377 e. The van der Waals surface area contributed by atoms with Gasteiger partial charge in [0.05, 0.1) is 31.6 Å². The van der Waals surface area contributed by atoms with Gasteiger partial charge in [-0.25, -0.2) is 9.97 Å². The van der Waals surface area contributed by atoms with Crippen molar-refractivity contribution in [3.8, 4) is 11.3 Å². The van der Waals surface area contributed by atoms with Crippen molar-refractivity contribution in [3.63, 3.8) is 0 Å². The van der Waals surface area contributed by atoms with Crippen LogP contribution >= 0.6 is 0 Å². The van der Waals surface area contributed by atoms with Gasteiger partial charge in [-0.3, -0.25) is 4.39 Å². The highest BCUT2D eigenvalue weighted by molar-refractivity contribution is 5.67. The van der Waals surface area contributed by atoms with Gasteiger partial charge in [-0.1, -0.05) is 24.3 Å². The Morgan fingerprint density at radius 2 is 1.75 bits per heavy atom. The van der Waals surface area contributed by atoms with Crippen molar-refractivity contribution in [2.45, 2.75) is 30.7 Å². The molecule has 2 fully saturated rings. The van der Waals surface area contributed by atoms with Crippen LogP contribution in [0, 0.1) is 0 Å². The Balaban J connectivity index is 0.000000932. The van der Waals surface area contributed by atoms with E-state index in [1.165, 1.54) is 0 Å². The molecule has 1 aromatic carbocycles. The second-order valence-electron chi connectivity index (χ2n) is 7.47. The molecule has 0 unspecified atom stereocenters. The molecule has 5 nitrogen and oxygen atoms in total. The zero-order chi connectivity index (χ0) is 19.9. The van der Waals surface area contributed by atoms with E-state index in [2.05, 4.69) is 9.97 Å². The topological polar surface area (TPSA) is 64.3 Å². The van der Waals surface area contributed by atoms with Crippen molar-refractivity contribution < 1.29 is 17.9 Å². The molecule has 2 saturated heterocycles. The Hall–Kier alpha value is -2.19. The van der Waals surface area contributed by atoms with Crippen LogP contribution in [0.5, 0.6) is 0 Å². The van der Waals surface area contributed by atoms with Crippen molar-refractivity contribution in [2.75, 3.05) is 38.4 Å². The molecule has 0 atom stereocenters. The fourth-order valence-corrected chi connectivity index (χ4v) is 3.76. The van der Waals surface area contributed by atoms with Gasteiger partial charge >= 0.3 is 0 Å². The summed E-state index contributed by atoms with van der Waals surface area (Å²) in [6, 6.07) is 7.73. The van der Waals surface area contributed by atoms with E-state index in [1.54, 1.807) is 0 Å². The first-order valence-electron chi connectivity index (χ1n) is 9.36. The van der Waals surface area contributed by atoms with E-state index in [9.17, 15) is 13.2 Å². The second-order valence-corrected chi connectivity index (χ2v) is 7.47. The maximum Gasteiger partial charge on any atom is 0.290 e. The number of benzene rings is 1. The maximum atomic E-state index is 14.3. The van der Waals surface area contributed by atoms with E-state index >= 15 is 0 Å². The van der Waals surface area contributed by atoms with Crippen molar-refractivity contribution in [1.82, 2.24) is 9.97 Å². The van der Waals surface area contributed by atoms with Crippen LogP contribution < -0.4 is 10.6 Å². The summed E-state index contributed by atoms with van der Waals surface area (Å²) in [6.45, 7) is 2.64. The lowest BCUT2D eigenvalue weighted by atomic mass is 9.88. The van der Waals surface area contributed by atoms with E-state index in [-0.39, 0.29) is 12.1 Å². The van der Waals surface area contributed by atoms with E-state index in [4.69, 9.17) is 10.5 Å². The second kappa shape index (κ2) is 7.00. The van der Waals surface area contributed by atoms with Crippen LogP contribution in [-0.4, -0.2) is 43.4 Å². The molecule has 0 radical (unpaired) electrons. The average molecular weight is 392 g/mol. The number of fused-ring (bicyclic) bond motifs is 1. The summed E-state index contributed by atoms with van der Waals surface area (Å²) >= 11 is 0. The first-order valence-corrected chi connectivity index (χ1v) is 9.36. The van der Waals surface area contributed by atoms with Gasteiger partial charge in [0.1, 0.15) is 5.69 Å². The Kier molecular flexibility index (Phi) is 4.79. The molecule has 3 heterocycles. The number of aromatic nitrogens is 2. The number of halogens is 3. The number of hydrogen-bond acceptors (Lipinski definition) is 5. The van der Waals surface area contributed by atoms with Crippen LogP contribution in [0.3, 0.4) is 0 Å². The smallest absolute Gasteiger partial charge is 0.290 e. The molecular weight excluding hydrogens is 369 g/mol. The highest BCUT2D eigenvalue weighted by Gasteiger charge is 2.43. The summed E-state index contributed by atoms with van der Waals surface area (Å²) in [5.74, 6) is -2.46. The molecule has 5 rings (SSSR count). The summed E-state index contributed by atoms with van der Waals surface area (Å²) in [5, 5.41) is 0. The normalized spacial score (nSPS) is 21.1. The predicted molar refractivity (Wildman–Crippen MR) is 100 cm³/mol. The molecular formula is C20H23F3N4O. The Labute approximate surface area is 161 Å². The zero-order valence-electron chi connectivity index (χ0n) is 15.7. The standard InChI is InChI=1S/C19H20F2N4O.CH3F/c20-19(21)7-6-14-15(23-17(24-16(14)19)25-8-1-9-25)12-2-4-13(5-3-12)18(22)10-26-11-18;1-2/h2-5H,1,6-11,22H2;1H3. The zero-order valence-corrected chi connectivity index (χ0v) is 15.7. The minimum Gasteiger partial charge on any atom is -0.377 e. The molecule has 3 aliphatic rings. The van der Waals surface area contributed by atoms with Gasteiger partial charge in [0.15, 0.2) is 0 Å². The minimum atomic E-state index is -2.88. The molecule has 28 heavy (non-hydrogen) atoms. The van der Waals surface area contributed by atoms with E-state index in [1.807, 2.05) is 29.2 Å². The van der Waals surface area contributed by atoms with Gasteiger partial charge in [0, 0.05) is 30.6 Å². The SMILES string of the molecule is CF.NC1(c2ccc(-c3nc(N4CCC4)nc4c3CCC4(F)F)cc2)COC1. The van der Waals surface area contributed by atoms with Gasteiger partial charge in [0.25, 0.3) is 5.92 Å². The first kappa shape index (κ1) is 19.1. The quantitative estimate of drug-likeness (QED) is 0.869. The van der Waals surface area contributed by atoms with Gasteiger partial charge in [-0.15, -0.1) is 0 Å². The van der Waals surface area contributed by atoms with E-state index in [0.29, 0.717) is 44.0 Å². The lowest BCUT2D eigenvalue weighted by Gasteiger charge is -2.38. The van der Waals surface area contributed by atoms with Crippen LogP contribution in [0.4, 0.5) is 19.1 Å². The van der Waals surface area contributed by atoms with Crippen LogP contribution in [0.25, 0.3) is 11.3 Å². The van der Waals surface area contributed by atoms with Crippen molar-refractivity contribution in [2.24, 2.45) is 5.73 Å². The molecule has 1 aliphatic carbocycles. The molecule has 0 saturated carbocycles. The summed E-state index contributed by atoms with van der Waals surface area (Å²) in [6.07, 6.45) is 1.14. The average Bonchev–Trinajstić information content (AvgIpc) is 2.95. The molecule has 1 aromatic heterocycles. The van der Waals surface area contributed by atoms with Crippen molar-refractivity contribution >= 4 is 5.95 Å². The summed E-state index contributed by atoms with van der Waals surface area (Å²) in [5.41, 5.74) is 8.74. The third-order valence-corrected chi connectivity index (χ3v) is 5.62. The highest BCUT2D eigenvalue weighted by atomic mass is 19.3. The summed E-state index contributed by atoms with van der Waals surface area (Å²) < 4.78 is 43.4. The predicted octanol–water partition coefficient (Wildman–Crippen LogP) is 3.16. The number of nitrogens with two attached hydrogens (primary N) is 1. The Morgan fingerprint density at radius 1 is 1.07 bits per heavy atom. The van der Waals surface area contributed by atoms with E-state index < -0.39 is 11.5 Å². The molecule has 2 aliphatic heterocycles. The van der Waals surface area contributed by atoms with Gasteiger partial charge in [0.2, 0.25) is 5.95 Å². The molecule has 150 valence electrons. The fraction of sp³-hybridized carbons (Fsp3) is 0.500. The molecule has 2 aromatic rings. The Bertz CT molecular complexity index is 864. The lowest BCUT2D eigenvalue weighted by Crippen LogP contribution is -2.54. The minimum absolute atomic E-state index is 0.101. The number of hydrogen-bond donors (Lipinski definition) is 1. The lowest BCUT2D eigenvalue weighted by molar-refractivity contribution is -0.0569. The highest BCUT2D eigenvalue weighted by Crippen LogP contribution is 2.44. The molecule has 0 spiro atoms. The van der Waals surface area contributed by atoms with Crippen LogP contribution in [0.2, 0.25) is 0 Å². The first-order chi connectivity index (χ1) is 13.5. The molecule has 2 N–H and O–H groups in total. The van der Waals surface area contributed by atoms with Crippen molar-refractivity contribution in [3.05, 3.63) is 41.1 Å². The van der Waals surface area contributed by atoms with Crippen LogP contribution in [0.1, 0.15) is 29.7 Å². The third kappa shape index (κ3) is 3.04. The number of ether oxygens (including phenoxy) is 1. The van der Waals surface area contributed by atoms with Crippen LogP contribution in [0.15, 0.2) is 24.3 Å². The fourth-order valence-electron chi connectivity index (χ4n) is 3.76. The summed E-state index contributed by atoms with van der Waals surface area (Å²) in [7, 11) is 0.500. The molecule has 0 amide bonds. The monoisotopic (exact) mass is 392 g/mol. The van der Waals surface area contributed by atoms with E-state index in [0.717, 1.165) is 30.6 Å². The number of anilines is 1. The number of alkyl halides is 3. The van der Waals surface area contributed by atoms with Gasteiger partial charge < -0.3 is 15.4 Å². The number of nitrogens with zero attached hydrogens (tertiary/aromatic N) is 3. The molecule has 0 bridgehead atoms. The third-order valence-electron chi connectivity index (χ3n) is 5.62. The summed E-state index contributed by atoms with van der Waals surface area (Å²) in [4.78, 5) is 10.8. The molecule has 8 heteroatoms. The van der Waals surface area contributed by atoms with Crippen LogP contribution in [-0.2, 0) is 22.6 Å². The number of rotatable bonds is 3. The van der Waals surface area contributed by atoms with Crippen molar-refractivity contribution in [1.29, 1.82) is 0 Å².